The number of hydrogen-bond donors (Lipinski definition) is 0. The number of rotatable bonds is 0. The van der Waals surface area contributed by atoms with Gasteiger partial charge in [0, 0.05) is 33.8 Å². The second kappa shape index (κ2) is 3.53. The van der Waals surface area contributed by atoms with Crippen molar-refractivity contribution < 1.29 is 0 Å². The molecule has 86 valence electrons. The van der Waals surface area contributed by atoms with Crippen LogP contribution in [0.1, 0.15) is 0 Å². The highest BCUT2D eigenvalue weighted by Gasteiger charge is 2.09. The van der Waals surface area contributed by atoms with Crippen molar-refractivity contribution in [1.82, 2.24) is 14.4 Å². The molecule has 0 aliphatic carbocycles. The first kappa shape index (κ1) is 10.0. The number of benzene rings is 1. The van der Waals surface area contributed by atoms with Gasteiger partial charge in [0.25, 0.3) is 0 Å². The topological polar surface area (TPSA) is 30.2 Å². The fourth-order valence-corrected chi connectivity index (χ4v) is 2.77. The molecule has 0 unspecified atom stereocenters. The normalized spacial score (nSPS) is 11.6. The minimum atomic E-state index is 0.942. The summed E-state index contributed by atoms with van der Waals surface area (Å²) in [5.74, 6) is 0. The summed E-state index contributed by atoms with van der Waals surface area (Å²) in [5, 5.41) is 3.46. The smallest absolute Gasteiger partial charge is 0.146 e. The summed E-state index contributed by atoms with van der Waals surface area (Å²) in [6, 6.07) is 10.3. The van der Waals surface area contributed by atoms with Crippen LogP contribution in [0.15, 0.2) is 53.4 Å². The molecule has 3 nitrogen and oxygen atoms in total. The number of fused-ring (bicyclic) bond motifs is 6. The van der Waals surface area contributed by atoms with Crippen LogP contribution in [-0.4, -0.2) is 14.4 Å². The molecule has 0 saturated carbocycles. The summed E-state index contributed by atoms with van der Waals surface area (Å²) in [5.41, 5.74) is 1.89. The molecule has 3 aromatic heterocycles. The molecule has 0 aliphatic rings. The van der Waals surface area contributed by atoms with E-state index in [-0.39, 0.29) is 0 Å². The van der Waals surface area contributed by atoms with Crippen LogP contribution in [0.3, 0.4) is 0 Å². The van der Waals surface area contributed by atoms with Crippen LogP contribution in [0.2, 0.25) is 0 Å². The molecular weight excluding hydrogens is 290 g/mol. The van der Waals surface area contributed by atoms with Crippen molar-refractivity contribution in [2.45, 2.75) is 0 Å². The molecule has 1 aromatic carbocycles. The SMILES string of the molecule is Brc1ccc2c3cccnc3n3ccnc3c2c1. The Labute approximate surface area is 111 Å². The first-order chi connectivity index (χ1) is 8.84. The van der Waals surface area contributed by atoms with E-state index in [1.165, 1.54) is 5.39 Å². The highest BCUT2D eigenvalue weighted by molar-refractivity contribution is 9.10. The minimum Gasteiger partial charge on any atom is -0.283 e. The Balaban J connectivity index is 2.44. The van der Waals surface area contributed by atoms with Crippen molar-refractivity contribution in [3.8, 4) is 0 Å². The standard InChI is InChI=1S/C14H8BrN3/c15-9-3-4-10-11-2-1-5-16-13(11)18-7-6-17-14(18)12(10)8-9/h1-8H. The molecule has 0 spiro atoms. The van der Waals surface area contributed by atoms with E-state index in [2.05, 4.69) is 44.1 Å². The zero-order chi connectivity index (χ0) is 12.1. The van der Waals surface area contributed by atoms with Gasteiger partial charge in [0.1, 0.15) is 11.3 Å². The van der Waals surface area contributed by atoms with Gasteiger partial charge in [-0.3, -0.25) is 4.40 Å². The largest absolute Gasteiger partial charge is 0.283 e. The van der Waals surface area contributed by atoms with Crippen LogP contribution < -0.4 is 0 Å². The molecule has 0 saturated heterocycles. The zero-order valence-corrected chi connectivity index (χ0v) is 10.9. The van der Waals surface area contributed by atoms with Gasteiger partial charge in [-0.25, -0.2) is 9.97 Å². The molecule has 0 amide bonds. The maximum absolute atomic E-state index is 4.47. The highest BCUT2D eigenvalue weighted by Crippen LogP contribution is 2.29. The molecule has 0 fully saturated rings. The van der Waals surface area contributed by atoms with E-state index in [0.29, 0.717) is 0 Å². The van der Waals surface area contributed by atoms with Crippen molar-refractivity contribution in [1.29, 1.82) is 0 Å². The van der Waals surface area contributed by atoms with E-state index < -0.39 is 0 Å². The van der Waals surface area contributed by atoms with E-state index in [0.717, 1.165) is 26.5 Å². The van der Waals surface area contributed by atoms with E-state index in [1.807, 2.05) is 35.1 Å². The Bertz CT molecular complexity index is 895. The fourth-order valence-electron chi connectivity index (χ4n) is 2.41. The van der Waals surface area contributed by atoms with Crippen molar-refractivity contribution in [2.24, 2.45) is 0 Å². The molecule has 0 aliphatic heterocycles. The maximum atomic E-state index is 4.47. The molecule has 0 N–H and O–H groups in total. The first-order valence-corrected chi connectivity index (χ1v) is 6.43. The average Bonchev–Trinajstić information content (AvgIpc) is 2.88. The lowest BCUT2D eigenvalue weighted by molar-refractivity contribution is 1.20. The van der Waals surface area contributed by atoms with Crippen molar-refractivity contribution in [2.75, 3.05) is 0 Å². The third-order valence-corrected chi connectivity index (χ3v) is 3.66. The van der Waals surface area contributed by atoms with Gasteiger partial charge in [0.2, 0.25) is 0 Å². The van der Waals surface area contributed by atoms with Gasteiger partial charge in [-0.2, -0.15) is 0 Å². The summed E-state index contributed by atoms with van der Waals surface area (Å²) in [6.07, 6.45) is 5.57. The summed E-state index contributed by atoms with van der Waals surface area (Å²) in [6.45, 7) is 0. The number of hydrogen-bond acceptors (Lipinski definition) is 2. The summed E-state index contributed by atoms with van der Waals surface area (Å²) < 4.78 is 3.09. The van der Waals surface area contributed by atoms with Crippen LogP contribution in [0.4, 0.5) is 0 Å². The Morgan fingerprint density at radius 1 is 0.889 bits per heavy atom. The van der Waals surface area contributed by atoms with Crippen LogP contribution in [0.5, 0.6) is 0 Å². The van der Waals surface area contributed by atoms with E-state index in [4.69, 9.17) is 0 Å². The molecule has 0 atom stereocenters. The third kappa shape index (κ3) is 1.24. The number of halogens is 1. The molecule has 4 rings (SSSR count). The average molecular weight is 298 g/mol. The zero-order valence-electron chi connectivity index (χ0n) is 9.34. The predicted octanol–water partition coefficient (Wildman–Crippen LogP) is 3.80. The monoisotopic (exact) mass is 297 g/mol. The number of nitrogens with zero attached hydrogens (tertiary/aromatic N) is 3. The quantitative estimate of drug-likeness (QED) is 0.462. The Morgan fingerprint density at radius 2 is 1.72 bits per heavy atom. The van der Waals surface area contributed by atoms with Crippen LogP contribution >= 0.6 is 15.9 Å². The van der Waals surface area contributed by atoms with E-state index >= 15 is 0 Å². The molecule has 0 radical (unpaired) electrons. The lowest BCUT2D eigenvalue weighted by Gasteiger charge is -2.07. The highest BCUT2D eigenvalue weighted by atomic mass is 79.9. The number of imidazole rings is 1. The maximum Gasteiger partial charge on any atom is 0.146 e. The second-order valence-corrected chi connectivity index (χ2v) is 5.10. The lowest BCUT2D eigenvalue weighted by Crippen LogP contribution is -1.92. The summed E-state index contributed by atoms with van der Waals surface area (Å²) >= 11 is 3.52. The Morgan fingerprint density at radius 3 is 2.67 bits per heavy atom. The molecule has 4 aromatic rings. The van der Waals surface area contributed by atoms with Crippen LogP contribution in [0, 0.1) is 0 Å². The number of aromatic nitrogens is 3. The van der Waals surface area contributed by atoms with Crippen molar-refractivity contribution >= 4 is 43.4 Å². The van der Waals surface area contributed by atoms with Crippen LogP contribution in [-0.2, 0) is 0 Å². The van der Waals surface area contributed by atoms with Gasteiger partial charge < -0.3 is 0 Å². The van der Waals surface area contributed by atoms with E-state index in [1.54, 1.807) is 0 Å². The third-order valence-electron chi connectivity index (χ3n) is 3.17. The van der Waals surface area contributed by atoms with E-state index in [9.17, 15) is 0 Å². The van der Waals surface area contributed by atoms with Gasteiger partial charge in [-0.05, 0) is 29.7 Å². The fraction of sp³-hybridized carbons (Fsp3) is 0. The van der Waals surface area contributed by atoms with Crippen LogP contribution in [0.25, 0.3) is 27.5 Å². The van der Waals surface area contributed by atoms with Gasteiger partial charge in [-0.1, -0.05) is 22.0 Å². The number of pyridine rings is 2. The Hall–Kier alpha value is -1.94. The molecule has 18 heavy (non-hydrogen) atoms. The molecular formula is C14H8BrN3. The summed E-state index contributed by atoms with van der Waals surface area (Å²) in [7, 11) is 0. The van der Waals surface area contributed by atoms with Gasteiger partial charge in [0.05, 0.1) is 0 Å². The molecule has 3 heterocycles. The summed E-state index contributed by atoms with van der Waals surface area (Å²) in [4.78, 5) is 8.91. The second-order valence-electron chi connectivity index (χ2n) is 4.19. The lowest BCUT2D eigenvalue weighted by atomic mass is 10.1. The van der Waals surface area contributed by atoms with Crippen molar-refractivity contribution in [3.63, 3.8) is 0 Å². The van der Waals surface area contributed by atoms with Crippen molar-refractivity contribution in [3.05, 3.63) is 53.4 Å². The van der Waals surface area contributed by atoms with Gasteiger partial charge in [-0.15, -0.1) is 0 Å². The molecule has 4 heteroatoms. The first-order valence-electron chi connectivity index (χ1n) is 5.63. The van der Waals surface area contributed by atoms with Gasteiger partial charge in [0.15, 0.2) is 0 Å². The Kier molecular flexibility index (Phi) is 1.96. The van der Waals surface area contributed by atoms with Gasteiger partial charge >= 0.3 is 0 Å². The predicted molar refractivity (Wildman–Crippen MR) is 75.7 cm³/mol. The minimum absolute atomic E-state index is 0.942. The molecule has 0 bridgehead atoms.